The first-order valence-electron chi connectivity index (χ1n) is 9.60. The third-order valence-corrected chi connectivity index (χ3v) is 7.43. The molecule has 0 bridgehead atoms. The number of carboxylic acid groups (broad SMARTS) is 1. The predicted octanol–water partition coefficient (Wildman–Crippen LogP) is 2.56. The Morgan fingerprint density at radius 1 is 1.29 bits per heavy atom. The summed E-state index contributed by atoms with van der Waals surface area (Å²) in [6.07, 6.45) is -0.326. The first-order chi connectivity index (χ1) is 14.7. The fourth-order valence-corrected chi connectivity index (χ4v) is 5.75. The zero-order chi connectivity index (χ0) is 22.3. The summed E-state index contributed by atoms with van der Waals surface area (Å²) in [5.74, 6) is -1.73. The van der Waals surface area contributed by atoms with E-state index in [0.29, 0.717) is 16.6 Å². The minimum Gasteiger partial charge on any atom is -0.481 e. The topological polar surface area (TPSA) is 116 Å². The highest BCUT2D eigenvalue weighted by molar-refractivity contribution is 7.89. The highest BCUT2D eigenvalue weighted by Crippen LogP contribution is 2.35. The zero-order valence-corrected chi connectivity index (χ0v) is 17.4. The lowest BCUT2D eigenvalue weighted by Gasteiger charge is -2.18. The van der Waals surface area contributed by atoms with Gasteiger partial charge in [0.15, 0.2) is 0 Å². The summed E-state index contributed by atoms with van der Waals surface area (Å²) >= 11 is 0. The molecule has 0 spiro atoms. The monoisotopic (exact) mass is 442 g/mol. The van der Waals surface area contributed by atoms with Crippen molar-refractivity contribution in [1.29, 1.82) is 5.26 Å². The number of aromatic nitrogens is 2. The van der Waals surface area contributed by atoms with E-state index in [-0.39, 0.29) is 35.9 Å². The molecule has 1 aliphatic heterocycles. The lowest BCUT2D eigenvalue weighted by molar-refractivity contribution is -0.136. The lowest BCUT2D eigenvalue weighted by Crippen LogP contribution is -2.30. The van der Waals surface area contributed by atoms with Crippen LogP contribution in [0.25, 0.3) is 10.9 Å². The molecule has 1 saturated heterocycles. The Hall–Kier alpha value is -3.29. The van der Waals surface area contributed by atoms with Gasteiger partial charge in [-0.15, -0.1) is 0 Å². The molecular weight excluding hydrogens is 423 g/mol. The molecule has 31 heavy (non-hydrogen) atoms. The van der Waals surface area contributed by atoms with Gasteiger partial charge in [-0.2, -0.15) is 14.7 Å². The van der Waals surface area contributed by atoms with E-state index in [1.165, 1.54) is 39.3 Å². The molecule has 1 fully saturated rings. The quantitative estimate of drug-likeness (QED) is 0.649. The van der Waals surface area contributed by atoms with E-state index in [1.54, 1.807) is 12.1 Å². The molecule has 0 unspecified atom stereocenters. The number of benzene rings is 2. The second-order valence-corrected chi connectivity index (χ2v) is 9.50. The SMILES string of the molecule is C[C@@H]1CN(S(=O)(=O)c2ccccc2C#N)C[C@@H]1n1nc(CC(=O)O)c2ccc(F)cc21. The van der Waals surface area contributed by atoms with Gasteiger partial charge >= 0.3 is 5.97 Å². The standard InChI is InChI=1S/C21H19FN4O4S/c1-13-11-25(31(29,30)20-5-3-2-4-14(20)10-23)12-19(13)26-18-8-15(22)6-7-16(18)17(24-26)9-21(27)28/h2-8,13,19H,9,11-12H2,1H3,(H,27,28)/t13-,19+/m1/s1. The summed E-state index contributed by atoms with van der Waals surface area (Å²) in [5.41, 5.74) is 0.782. The van der Waals surface area contributed by atoms with Gasteiger partial charge in [0.25, 0.3) is 0 Å². The van der Waals surface area contributed by atoms with Crippen LogP contribution in [-0.4, -0.2) is 46.7 Å². The van der Waals surface area contributed by atoms with Crippen LogP contribution in [0.15, 0.2) is 47.4 Å². The van der Waals surface area contributed by atoms with Gasteiger partial charge in [0, 0.05) is 18.5 Å². The Morgan fingerprint density at radius 2 is 2.03 bits per heavy atom. The van der Waals surface area contributed by atoms with Gasteiger partial charge in [0.1, 0.15) is 11.9 Å². The van der Waals surface area contributed by atoms with E-state index in [4.69, 9.17) is 0 Å². The molecule has 1 aliphatic rings. The van der Waals surface area contributed by atoms with Crippen LogP contribution in [0.3, 0.4) is 0 Å². The Labute approximate surface area is 178 Å². The molecule has 8 nitrogen and oxygen atoms in total. The maximum atomic E-state index is 13.9. The van der Waals surface area contributed by atoms with Crippen molar-refractivity contribution >= 4 is 26.9 Å². The first kappa shape index (κ1) is 21.0. The predicted molar refractivity (Wildman–Crippen MR) is 109 cm³/mol. The number of hydrogen-bond donors (Lipinski definition) is 1. The molecule has 0 amide bonds. The number of hydrogen-bond acceptors (Lipinski definition) is 5. The molecule has 1 aromatic heterocycles. The number of carboxylic acids is 1. The van der Waals surface area contributed by atoms with E-state index >= 15 is 0 Å². The molecule has 2 aromatic carbocycles. The molecule has 2 atom stereocenters. The van der Waals surface area contributed by atoms with Crippen molar-refractivity contribution in [3.05, 3.63) is 59.5 Å². The van der Waals surface area contributed by atoms with Gasteiger partial charge in [0.2, 0.25) is 10.0 Å². The summed E-state index contributed by atoms with van der Waals surface area (Å²) in [4.78, 5) is 11.2. The van der Waals surface area contributed by atoms with Crippen LogP contribution in [0, 0.1) is 23.1 Å². The van der Waals surface area contributed by atoms with E-state index in [0.717, 1.165) is 0 Å². The molecule has 0 saturated carbocycles. The molecule has 1 N–H and O–H groups in total. The summed E-state index contributed by atoms with van der Waals surface area (Å²) in [6, 6.07) is 11.5. The number of nitriles is 1. The van der Waals surface area contributed by atoms with Gasteiger partial charge in [-0.3, -0.25) is 9.48 Å². The summed E-state index contributed by atoms with van der Waals surface area (Å²) in [7, 11) is -3.93. The maximum Gasteiger partial charge on any atom is 0.309 e. The zero-order valence-electron chi connectivity index (χ0n) is 16.6. The molecule has 3 aromatic rings. The minimum atomic E-state index is -3.93. The fourth-order valence-electron chi connectivity index (χ4n) is 4.05. The highest BCUT2D eigenvalue weighted by atomic mass is 32.2. The number of sulfonamides is 1. The third-order valence-electron chi connectivity index (χ3n) is 5.54. The molecule has 2 heterocycles. The largest absolute Gasteiger partial charge is 0.481 e. The van der Waals surface area contributed by atoms with Crippen LogP contribution < -0.4 is 0 Å². The van der Waals surface area contributed by atoms with Crippen molar-refractivity contribution in [2.24, 2.45) is 5.92 Å². The van der Waals surface area contributed by atoms with E-state index in [2.05, 4.69) is 5.10 Å². The van der Waals surface area contributed by atoms with Gasteiger partial charge < -0.3 is 5.11 Å². The number of aliphatic carboxylic acids is 1. The highest BCUT2D eigenvalue weighted by Gasteiger charge is 2.40. The Bertz CT molecular complexity index is 1330. The summed E-state index contributed by atoms with van der Waals surface area (Å²) in [6.45, 7) is 2.13. The van der Waals surface area contributed by atoms with Crippen LogP contribution in [0.5, 0.6) is 0 Å². The second-order valence-electron chi connectivity index (χ2n) is 7.60. The first-order valence-corrected chi connectivity index (χ1v) is 11.0. The van der Waals surface area contributed by atoms with Gasteiger partial charge in [-0.05, 0) is 36.2 Å². The maximum absolute atomic E-state index is 13.9. The van der Waals surface area contributed by atoms with Crippen LogP contribution in [0.1, 0.15) is 24.2 Å². The number of halogens is 1. The normalized spacial score (nSPS) is 19.5. The van der Waals surface area contributed by atoms with E-state index in [1.807, 2.05) is 13.0 Å². The second kappa shape index (κ2) is 7.76. The number of fused-ring (bicyclic) bond motifs is 1. The van der Waals surface area contributed by atoms with Crippen LogP contribution in [-0.2, 0) is 21.2 Å². The molecule has 10 heteroatoms. The third kappa shape index (κ3) is 3.66. The van der Waals surface area contributed by atoms with Crippen molar-refractivity contribution in [3.8, 4) is 6.07 Å². The molecule has 4 rings (SSSR count). The van der Waals surface area contributed by atoms with Gasteiger partial charge in [0.05, 0.1) is 34.1 Å². The number of nitrogens with zero attached hydrogens (tertiary/aromatic N) is 4. The lowest BCUT2D eigenvalue weighted by atomic mass is 10.1. The average Bonchev–Trinajstić information content (AvgIpc) is 3.28. The number of rotatable bonds is 5. The fraction of sp³-hybridized carbons (Fsp3) is 0.286. The van der Waals surface area contributed by atoms with Crippen molar-refractivity contribution < 1.29 is 22.7 Å². The molecular formula is C21H19FN4O4S. The van der Waals surface area contributed by atoms with Crippen LogP contribution in [0.2, 0.25) is 0 Å². The summed E-state index contributed by atoms with van der Waals surface area (Å²) in [5, 5.41) is 23.4. The Morgan fingerprint density at radius 3 is 2.74 bits per heavy atom. The van der Waals surface area contributed by atoms with Crippen molar-refractivity contribution in [2.75, 3.05) is 13.1 Å². The van der Waals surface area contributed by atoms with E-state index in [9.17, 15) is 28.0 Å². The van der Waals surface area contributed by atoms with Crippen molar-refractivity contribution in [1.82, 2.24) is 14.1 Å². The van der Waals surface area contributed by atoms with Crippen molar-refractivity contribution in [3.63, 3.8) is 0 Å². The van der Waals surface area contributed by atoms with Gasteiger partial charge in [-0.25, -0.2) is 12.8 Å². The molecule has 0 radical (unpaired) electrons. The van der Waals surface area contributed by atoms with Gasteiger partial charge in [-0.1, -0.05) is 19.1 Å². The van der Waals surface area contributed by atoms with Crippen molar-refractivity contribution in [2.45, 2.75) is 24.3 Å². The Balaban J connectivity index is 1.75. The molecule has 0 aliphatic carbocycles. The van der Waals surface area contributed by atoms with Crippen LogP contribution in [0.4, 0.5) is 4.39 Å². The van der Waals surface area contributed by atoms with Crippen LogP contribution >= 0.6 is 0 Å². The number of carbonyl (C=O) groups is 1. The molecule has 160 valence electrons. The summed E-state index contributed by atoms with van der Waals surface area (Å²) < 4.78 is 43.2. The average molecular weight is 442 g/mol. The smallest absolute Gasteiger partial charge is 0.309 e. The van der Waals surface area contributed by atoms with E-state index < -0.39 is 27.9 Å². The Kier molecular flexibility index (Phi) is 5.24. The minimum absolute atomic E-state index is 0.0618.